The van der Waals surface area contributed by atoms with Gasteiger partial charge in [-0.25, -0.2) is 4.39 Å². The fourth-order valence-corrected chi connectivity index (χ4v) is 3.67. The lowest BCUT2D eigenvalue weighted by Crippen LogP contribution is -2.38. The predicted octanol–water partition coefficient (Wildman–Crippen LogP) is 5.13. The summed E-state index contributed by atoms with van der Waals surface area (Å²) in [5.74, 6) is 1.48. The maximum absolute atomic E-state index is 13.4. The zero-order valence-corrected chi connectivity index (χ0v) is 15.7. The van der Waals surface area contributed by atoms with E-state index in [0.717, 1.165) is 48.4 Å². The van der Waals surface area contributed by atoms with E-state index in [1.54, 1.807) is 6.07 Å². The van der Waals surface area contributed by atoms with Gasteiger partial charge in [-0.2, -0.15) is 4.98 Å². The highest BCUT2D eigenvalue weighted by Gasteiger charge is 2.25. The van der Waals surface area contributed by atoms with Crippen molar-refractivity contribution in [3.05, 3.63) is 60.2 Å². The molecule has 1 aliphatic rings. The Morgan fingerprint density at radius 3 is 2.37 bits per heavy atom. The Kier molecular flexibility index (Phi) is 5.03. The highest BCUT2D eigenvalue weighted by atomic mass is 19.1. The fourth-order valence-electron chi connectivity index (χ4n) is 3.67. The second-order valence-electron chi connectivity index (χ2n) is 7.45. The Bertz CT molecular complexity index is 896. The van der Waals surface area contributed by atoms with Gasteiger partial charge in [0.1, 0.15) is 5.82 Å². The first kappa shape index (κ1) is 17.9. The Balaban J connectivity index is 1.47. The van der Waals surface area contributed by atoms with Crippen molar-refractivity contribution in [2.75, 3.05) is 13.1 Å². The minimum Gasteiger partial charge on any atom is -0.334 e. The zero-order valence-electron chi connectivity index (χ0n) is 15.7. The van der Waals surface area contributed by atoms with E-state index >= 15 is 0 Å². The molecule has 27 heavy (non-hydrogen) atoms. The van der Waals surface area contributed by atoms with Gasteiger partial charge in [-0.1, -0.05) is 29.4 Å². The molecule has 1 saturated heterocycles. The normalized spacial score (nSPS) is 16.1. The number of hydrogen-bond acceptors (Lipinski definition) is 4. The minimum atomic E-state index is -0.235. The van der Waals surface area contributed by atoms with Gasteiger partial charge in [-0.3, -0.25) is 0 Å². The van der Waals surface area contributed by atoms with Crippen molar-refractivity contribution < 1.29 is 8.91 Å². The molecule has 1 fully saturated rings. The average molecular weight is 365 g/mol. The molecule has 1 aromatic heterocycles. The number of piperidine rings is 1. The van der Waals surface area contributed by atoms with Crippen LogP contribution in [0.25, 0.3) is 22.6 Å². The standard InChI is InChI=1S/C22H24FN3O/c1-15(2)26-12-10-17(11-13-26)21-24-22(27-25-21)18-8-6-16(7-9-18)19-4-3-5-20(23)14-19/h3-9,14-15,17H,10-13H2,1-2H3. The van der Waals surface area contributed by atoms with E-state index in [0.29, 0.717) is 17.9 Å². The van der Waals surface area contributed by atoms with Crippen LogP contribution in [-0.2, 0) is 0 Å². The average Bonchev–Trinajstić information content (AvgIpc) is 3.18. The van der Waals surface area contributed by atoms with Crippen molar-refractivity contribution in [1.82, 2.24) is 15.0 Å². The Morgan fingerprint density at radius 1 is 1.00 bits per heavy atom. The van der Waals surface area contributed by atoms with E-state index in [1.807, 2.05) is 30.3 Å². The first-order valence-electron chi connectivity index (χ1n) is 9.54. The highest BCUT2D eigenvalue weighted by Crippen LogP contribution is 2.29. The van der Waals surface area contributed by atoms with Gasteiger partial charge in [0.15, 0.2) is 5.82 Å². The Labute approximate surface area is 159 Å². The summed E-state index contributed by atoms with van der Waals surface area (Å²) in [4.78, 5) is 7.12. The van der Waals surface area contributed by atoms with Gasteiger partial charge in [-0.05, 0) is 75.2 Å². The summed E-state index contributed by atoms with van der Waals surface area (Å²) >= 11 is 0. The first-order valence-corrected chi connectivity index (χ1v) is 9.54. The van der Waals surface area contributed by atoms with Crippen LogP contribution in [0.3, 0.4) is 0 Å². The number of aromatic nitrogens is 2. The second-order valence-corrected chi connectivity index (χ2v) is 7.45. The Hall–Kier alpha value is -2.53. The van der Waals surface area contributed by atoms with Crippen LogP contribution in [0.2, 0.25) is 0 Å². The third kappa shape index (κ3) is 3.93. The molecule has 0 bridgehead atoms. The monoisotopic (exact) mass is 365 g/mol. The first-order chi connectivity index (χ1) is 13.1. The van der Waals surface area contributed by atoms with Gasteiger partial charge in [0.2, 0.25) is 0 Å². The van der Waals surface area contributed by atoms with Crippen LogP contribution >= 0.6 is 0 Å². The predicted molar refractivity (Wildman–Crippen MR) is 104 cm³/mol. The number of nitrogens with zero attached hydrogens (tertiary/aromatic N) is 3. The van der Waals surface area contributed by atoms with E-state index in [9.17, 15) is 4.39 Å². The van der Waals surface area contributed by atoms with E-state index in [1.165, 1.54) is 12.1 Å². The molecule has 140 valence electrons. The number of hydrogen-bond donors (Lipinski definition) is 0. The lowest BCUT2D eigenvalue weighted by Gasteiger charge is -2.33. The molecule has 4 rings (SSSR count). The van der Waals surface area contributed by atoms with Gasteiger partial charge < -0.3 is 9.42 Å². The summed E-state index contributed by atoms with van der Waals surface area (Å²) in [7, 11) is 0. The van der Waals surface area contributed by atoms with Crippen LogP contribution < -0.4 is 0 Å². The van der Waals surface area contributed by atoms with Gasteiger partial charge in [0.25, 0.3) is 5.89 Å². The van der Waals surface area contributed by atoms with E-state index < -0.39 is 0 Å². The number of rotatable bonds is 4. The molecule has 5 heteroatoms. The molecule has 0 N–H and O–H groups in total. The summed E-state index contributed by atoms with van der Waals surface area (Å²) in [6, 6.07) is 15.0. The van der Waals surface area contributed by atoms with Crippen molar-refractivity contribution in [1.29, 1.82) is 0 Å². The molecular weight excluding hydrogens is 341 g/mol. The van der Waals surface area contributed by atoms with Crippen LogP contribution in [0, 0.1) is 5.82 Å². The molecule has 3 aromatic rings. The van der Waals surface area contributed by atoms with Crippen LogP contribution in [0.15, 0.2) is 53.1 Å². The summed E-state index contributed by atoms with van der Waals surface area (Å²) < 4.78 is 18.9. The third-order valence-corrected chi connectivity index (χ3v) is 5.36. The molecule has 0 amide bonds. The lowest BCUT2D eigenvalue weighted by atomic mass is 9.95. The van der Waals surface area contributed by atoms with E-state index in [2.05, 4.69) is 28.9 Å². The van der Waals surface area contributed by atoms with Gasteiger partial charge in [0, 0.05) is 17.5 Å². The quantitative estimate of drug-likeness (QED) is 0.643. The van der Waals surface area contributed by atoms with Crippen LogP contribution in [-0.4, -0.2) is 34.2 Å². The molecule has 0 saturated carbocycles. The molecule has 0 unspecified atom stereocenters. The van der Waals surface area contributed by atoms with Crippen molar-refractivity contribution in [2.24, 2.45) is 0 Å². The zero-order chi connectivity index (χ0) is 18.8. The molecule has 0 atom stereocenters. The highest BCUT2D eigenvalue weighted by molar-refractivity contribution is 5.67. The molecule has 2 aromatic carbocycles. The number of halogens is 1. The topological polar surface area (TPSA) is 42.2 Å². The van der Waals surface area contributed by atoms with Gasteiger partial charge in [-0.15, -0.1) is 0 Å². The van der Waals surface area contributed by atoms with Crippen LogP contribution in [0.5, 0.6) is 0 Å². The van der Waals surface area contributed by atoms with Crippen molar-refractivity contribution in [2.45, 2.75) is 38.6 Å². The minimum absolute atomic E-state index is 0.235. The molecule has 1 aliphatic heterocycles. The number of likely N-dealkylation sites (tertiary alicyclic amines) is 1. The lowest BCUT2D eigenvalue weighted by molar-refractivity contribution is 0.168. The van der Waals surface area contributed by atoms with Gasteiger partial charge >= 0.3 is 0 Å². The van der Waals surface area contributed by atoms with E-state index in [4.69, 9.17) is 4.52 Å². The van der Waals surface area contributed by atoms with Crippen LogP contribution in [0.1, 0.15) is 38.4 Å². The van der Waals surface area contributed by atoms with Crippen molar-refractivity contribution in [3.63, 3.8) is 0 Å². The maximum Gasteiger partial charge on any atom is 0.257 e. The maximum atomic E-state index is 13.4. The fraction of sp³-hybridized carbons (Fsp3) is 0.364. The molecule has 0 aliphatic carbocycles. The molecule has 2 heterocycles. The summed E-state index contributed by atoms with van der Waals surface area (Å²) in [6.07, 6.45) is 2.13. The van der Waals surface area contributed by atoms with E-state index in [-0.39, 0.29) is 5.82 Å². The summed E-state index contributed by atoms with van der Waals surface area (Å²) in [6.45, 7) is 6.63. The molecule has 4 nitrogen and oxygen atoms in total. The summed E-state index contributed by atoms with van der Waals surface area (Å²) in [5, 5.41) is 4.22. The SMILES string of the molecule is CC(C)N1CCC(c2noc(-c3ccc(-c4cccc(F)c4)cc3)n2)CC1. The molecule has 0 spiro atoms. The van der Waals surface area contributed by atoms with Crippen LogP contribution in [0.4, 0.5) is 4.39 Å². The smallest absolute Gasteiger partial charge is 0.257 e. The second kappa shape index (κ2) is 7.61. The number of benzene rings is 2. The van der Waals surface area contributed by atoms with Crippen molar-refractivity contribution in [3.8, 4) is 22.6 Å². The molecular formula is C22H24FN3O. The summed E-state index contributed by atoms with van der Waals surface area (Å²) in [5.41, 5.74) is 2.69. The largest absolute Gasteiger partial charge is 0.334 e. The van der Waals surface area contributed by atoms with Gasteiger partial charge in [0.05, 0.1) is 0 Å². The molecule has 0 radical (unpaired) electrons. The third-order valence-electron chi connectivity index (χ3n) is 5.36. The van der Waals surface area contributed by atoms with Crippen molar-refractivity contribution >= 4 is 0 Å². The Morgan fingerprint density at radius 2 is 1.70 bits per heavy atom.